The molecule has 0 saturated carbocycles. The fraction of sp³-hybridized carbons (Fsp3) is 0.417. The lowest BCUT2D eigenvalue weighted by atomic mass is 10.3. The third-order valence-electron chi connectivity index (χ3n) is 1.82. The van der Waals surface area contributed by atoms with E-state index in [0.29, 0.717) is 30.5 Å². The molecule has 17 heavy (non-hydrogen) atoms. The Kier molecular flexibility index (Phi) is 6.47. The topological polar surface area (TPSA) is 35.5 Å². The number of ether oxygens (including phenoxy) is 2. The first-order valence-electron chi connectivity index (χ1n) is 5.34. The van der Waals surface area contributed by atoms with Crippen molar-refractivity contribution in [3.8, 4) is 5.75 Å². The highest BCUT2D eigenvalue weighted by Gasteiger charge is 2.01. The summed E-state index contributed by atoms with van der Waals surface area (Å²) in [6, 6.07) is 5.98. The fourth-order valence-corrected chi connectivity index (χ4v) is 1.73. The molecule has 1 aromatic rings. The Balaban J connectivity index is 2.10. The summed E-state index contributed by atoms with van der Waals surface area (Å²) >= 11 is 1.43. The molecule has 0 spiro atoms. The minimum absolute atomic E-state index is 0.219. The molecular formula is C12H15FO3S. The van der Waals surface area contributed by atoms with Gasteiger partial charge in [-0.2, -0.15) is 0 Å². The molecule has 0 radical (unpaired) electrons. The summed E-state index contributed by atoms with van der Waals surface area (Å²) in [7, 11) is 0. The molecule has 94 valence electrons. The Hall–Kier alpha value is -1.23. The lowest BCUT2D eigenvalue weighted by Crippen LogP contribution is -2.09. The number of hydrogen-bond acceptors (Lipinski definition) is 4. The fourth-order valence-electron chi connectivity index (χ4n) is 1.13. The third-order valence-corrected chi connectivity index (χ3v) is 2.71. The predicted octanol–water partition coefficient (Wildman–Crippen LogP) is 2.50. The molecule has 0 aromatic heterocycles. The van der Waals surface area contributed by atoms with E-state index in [1.54, 1.807) is 19.1 Å². The van der Waals surface area contributed by atoms with Gasteiger partial charge in [0.2, 0.25) is 0 Å². The molecule has 0 N–H and O–H groups in total. The van der Waals surface area contributed by atoms with Crippen molar-refractivity contribution in [3.63, 3.8) is 0 Å². The minimum atomic E-state index is -0.318. The van der Waals surface area contributed by atoms with Gasteiger partial charge >= 0.3 is 5.97 Å². The predicted molar refractivity (Wildman–Crippen MR) is 65.9 cm³/mol. The second-order valence-electron chi connectivity index (χ2n) is 3.16. The Labute approximate surface area is 104 Å². The second kappa shape index (κ2) is 7.95. The van der Waals surface area contributed by atoms with Crippen LogP contribution in [0.5, 0.6) is 5.75 Å². The zero-order chi connectivity index (χ0) is 12.5. The van der Waals surface area contributed by atoms with E-state index in [1.807, 2.05) is 0 Å². The SMILES string of the molecule is CCOC(=O)CSCCOc1cccc(F)c1. The smallest absolute Gasteiger partial charge is 0.315 e. The van der Waals surface area contributed by atoms with Crippen LogP contribution in [-0.4, -0.2) is 30.7 Å². The quantitative estimate of drug-likeness (QED) is 0.556. The molecule has 1 rings (SSSR count). The van der Waals surface area contributed by atoms with Gasteiger partial charge in [0.25, 0.3) is 0 Å². The largest absolute Gasteiger partial charge is 0.493 e. The molecule has 0 heterocycles. The maximum Gasteiger partial charge on any atom is 0.315 e. The van der Waals surface area contributed by atoms with Crippen LogP contribution in [0.4, 0.5) is 4.39 Å². The average molecular weight is 258 g/mol. The molecular weight excluding hydrogens is 243 g/mol. The standard InChI is InChI=1S/C12H15FO3S/c1-2-15-12(14)9-17-7-6-16-11-5-3-4-10(13)8-11/h3-5,8H,2,6-7,9H2,1H3. The van der Waals surface area contributed by atoms with Crippen LogP contribution in [0.3, 0.4) is 0 Å². The number of esters is 1. The van der Waals surface area contributed by atoms with Crippen LogP contribution in [0, 0.1) is 5.82 Å². The normalized spacial score (nSPS) is 10.0. The van der Waals surface area contributed by atoms with Crippen molar-refractivity contribution in [2.45, 2.75) is 6.92 Å². The van der Waals surface area contributed by atoms with Crippen LogP contribution >= 0.6 is 11.8 Å². The molecule has 0 aliphatic heterocycles. The number of hydrogen-bond donors (Lipinski definition) is 0. The van der Waals surface area contributed by atoms with E-state index in [1.165, 1.54) is 23.9 Å². The molecule has 0 amide bonds. The van der Waals surface area contributed by atoms with Gasteiger partial charge in [0, 0.05) is 11.8 Å². The Morgan fingerprint density at radius 2 is 2.29 bits per heavy atom. The number of carbonyl (C=O) groups excluding carboxylic acids is 1. The van der Waals surface area contributed by atoms with Gasteiger partial charge in [-0.25, -0.2) is 4.39 Å². The van der Waals surface area contributed by atoms with Crippen molar-refractivity contribution in [1.29, 1.82) is 0 Å². The van der Waals surface area contributed by atoms with Crippen LogP contribution in [0.2, 0.25) is 0 Å². The van der Waals surface area contributed by atoms with Crippen LogP contribution in [0.15, 0.2) is 24.3 Å². The molecule has 5 heteroatoms. The summed E-state index contributed by atoms with van der Waals surface area (Å²) in [6.07, 6.45) is 0. The first-order valence-corrected chi connectivity index (χ1v) is 6.49. The molecule has 0 aliphatic carbocycles. The lowest BCUT2D eigenvalue weighted by molar-refractivity contribution is -0.139. The van der Waals surface area contributed by atoms with E-state index in [2.05, 4.69) is 0 Å². The number of thioether (sulfide) groups is 1. The highest BCUT2D eigenvalue weighted by molar-refractivity contribution is 7.99. The number of rotatable bonds is 7. The summed E-state index contributed by atoms with van der Waals surface area (Å²) in [6.45, 7) is 2.61. The van der Waals surface area contributed by atoms with Crippen molar-refractivity contribution in [3.05, 3.63) is 30.1 Å². The average Bonchev–Trinajstić information content (AvgIpc) is 2.29. The molecule has 0 aliphatic rings. The second-order valence-corrected chi connectivity index (χ2v) is 4.27. The van der Waals surface area contributed by atoms with Gasteiger partial charge in [-0.3, -0.25) is 4.79 Å². The van der Waals surface area contributed by atoms with Gasteiger partial charge in [0.05, 0.1) is 19.0 Å². The van der Waals surface area contributed by atoms with Crippen LogP contribution in [0.25, 0.3) is 0 Å². The van der Waals surface area contributed by atoms with Crippen LogP contribution < -0.4 is 4.74 Å². The zero-order valence-corrected chi connectivity index (χ0v) is 10.5. The highest BCUT2D eigenvalue weighted by atomic mass is 32.2. The number of carbonyl (C=O) groups is 1. The first-order chi connectivity index (χ1) is 8.22. The number of halogens is 1. The van der Waals surface area contributed by atoms with Gasteiger partial charge in [0.1, 0.15) is 11.6 Å². The molecule has 0 unspecified atom stereocenters. The molecule has 0 fully saturated rings. The van der Waals surface area contributed by atoms with Crippen molar-refractivity contribution in [2.75, 3.05) is 24.7 Å². The van der Waals surface area contributed by atoms with E-state index in [0.717, 1.165) is 0 Å². The molecule has 0 bridgehead atoms. The summed E-state index contributed by atoms with van der Waals surface area (Å²) in [5.74, 6) is 0.946. The Morgan fingerprint density at radius 3 is 3.00 bits per heavy atom. The van der Waals surface area contributed by atoms with E-state index >= 15 is 0 Å². The van der Waals surface area contributed by atoms with E-state index in [9.17, 15) is 9.18 Å². The van der Waals surface area contributed by atoms with E-state index < -0.39 is 0 Å². The van der Waals surface area contributed by atoms with Gasteiger partial charge in [-0.05, 0) is 19.1 Å². The third kappa shape index (κ3) is 6.16. The molecule has 0 saturated heterocycles. The molecule has 0 atom stereocenters. The van der Waals surface area contributed by atoms with Gasteiger partial charge < -0.3 is 9.47 Å². The monoisotopic (exact) mass is 258 g/mol. The van der Waals surface area contributed by atoms with Crippen molar-refractivity contribution < 1.29 is 18.7 Å². The maximum atomic E-state index is 12.8. The van der Waals surface area contributed by atoms with E-state index in [4.69, 9.17) is 9.47 Å². The summed E-state index contributed by atoms with van der Waals surface area (Å²) < 4.78 is 22.9. The van der Waals surface area contributed by atoms with Crippen LogP contribution in [-0.2, 0) is 9.53 Å². The summed E-state index contributed by atoms with van der Waals surface area (Å²) in [5.41, 5.74) is 0. The van der Waals surface area contributed by atoms with E-state index in [-0.39, 0.29) is 11.8 Å². The molecule has 1 aromatic carbocycles. The Morgan fingerprint density at radius 1 is 1.47 bits per heavy atom. The number of benzene rings is 1. The van der Waals surface area contributed by atoms with Crippen molar-refractivity contribution >= 4 is 17.7 Å². The minimum Gasteiger partial charge on any atom is -0.493 e. The van der Waals surface area contributed by atoms with Gasteiger partial charge in [-0.15, -0.1) is 11.8 Å². The maximum absolute atomic E-state index is 12.8. The van der Waals surface area contributed by atoms with Crippen LogP contribution in [0.1, 0.15) is 6.92 Å². The van der Waals surface area contributed by atoms with Gasteiger partial charge in [0.15, 0.2) is 0 Å². The zero-order valence-electron chi connectivity index (χ0n) is 9.65. The van der Waals surface area contributed by atoms with Crippen molar-refractivity contribution in [1.82, 2.24) is 0 Å². The van der Waals surface area contributed by atoms with Crippen molar-refractivity contribution in [2.24, 2.45) is 0 Å². The lowest BCUT2D eigenvalue weighted by Gasteiger charge is -2.05. The van der Waals surface area contributed by atoms with Gasteiger partial charge in [-0.1, -0.05) is 6.07 Å². The first kappa shape index (κ1) is 13.8. The highest BCUT2D eigenvalue weighted by Crippen LogP contribution is 2.12. The Bertz CT molecular complexity index is 357. The summed E-state index contributed by atoms with van der Waals surface area (Å²) in [4.78, 5) is 11.0. The summed E-state index contributed by atoms with van der Waals surface area (Å²) in [5, 5.41) is 0. The molecule has 3 nitrogen and oxygen atoms in total.